The topological polar surface area (TPSA) is 55.8 Å². The molecule has 2 unspecified atom stereocenters. The van der Waals surface area contributed by atoms with Gasteiger partial charge < -0.3 is 9.47 Å². The van der Waals surface area contributed by atoms with Crippen LogP contribution in [0.2, 0.25) is 0 Å². The molecule has 2 aromatic rings. The molecule has 0 N–H and O–H groups in total. The van der Waals surface area contributed by atoms with E-state index in [2.05, 4.69) is 12.1 Å². The van der Waals surface area contributed by atoms with Crippen molar-refractivity contribution in [3.8, 4) is 0 Å². The fourth-order valence-corrected chi connectivity index (χ4v) is 4.49. The summed E-state index contributed by atoms with van der Waals surface area (Å²) in [6.07, 6.45) is 4.58. The van der Waals surface area contributed by atoms with Gasteiger partial charge in [-0.2, -0.15) is 0 Å². The molecular weight excluding hydrogens is 402 g/mol. The predicted molar refractivity (Wildman–Crippen MR) is 124 cm³/mol. The Balaban J connectivity index is 1.50. The lowest BCUT2D eigenvalue weighted by atomic mass is 9.92. The smallest absolute Gasteiger partial charge is 0.411 e. The first-order valence-electron chi connectivity index (χ1n) is 11.3. The molecule has 2 atom stereocenters. The van der Waals surface area contributed by atoms with Crippen LogP contribution in [0.3, 0.4) is 0 Å². The van der Waals surface area contributed by atoms with Crippen molar-refractivity contribution in [1.29, 1.82) is 0 Å². The van der Waals surface area contributed by atoms with Gasteiger partial charge >= 0.3 is 12.1 Å². The van der Waals surface area contributed by atoms with Crippen molar-refractivity contribution in [3.05, 3.63) is 76.9 Å². The van der Waals surface area contributed by atoms with Crippen molar-refractivity contribution >= 4 is 17.6 Å². The van der Waals surface area contributed by atoms with Crippen LogP contribution in [0.25, 0.3) is 5.57 Å². The molecule has 2 aliphatic heterocycles. The first-order valence-corrected chi connectivity index (χ1v) is 11.3. The summed E-state index contributed by atoms with van der Waals surface area (Å²) in [6, 6.07) is 15.8. The van der Waals surface area contributed by atoms with Gasteiger partial charge in [0.2, 0.25) is 0 Å². The number of rotatable bonds is 4. The number of amides is 1. The first kappa shape index (κ1) is 22.1. The monoisotopic (exact) mass is 433 g/mol. The van der Waals surface area contributed by atoms with Crippen molar-refractivity contribution in [2.24, 2.45) is 0 Å². The Morgan fingerprint density at radius 3 is 2.50 bits per heavy atom. The average molecular weight is 434 g/mol. The average Bonchev–Trinajstić information content (AvgIpc) is 3.02. The number of aryl methyl sites for hydroxylation is 1. The van der Waals surface area contributed by atoms with Gasteiger partial charge in [0.25, 0.3) is 0 Å². The molecule has 2 heterocycles. The van der Waals surface area contributed by atoms with Gasteiger partial charge in [-0.3, -0.25) is 4.90 Å². The van der Waals surface area contributed by atoms with Gasteiger partial charge in [-0.1, -0.05) is 48.5 Å². The van der Waals surface area contributed by atoms with Crippen LogP contribution in [0.5, 0.6) is 0 Å². The number of nitrogens with zero attached hydrogens (tertiary/aromatic N) is 1. The summed E-state index contributed by atoms with van der Waals surface area (Å²) in [5, 5.41) is 0. The second-order valence-corrected chi connectivity index (χ2v) is 9.67. The van der Waals surface area contributed by atoms with E-state index in [0.29, 0.717) is 5.56 Å². The minimum absolute atomic E-state index is 0.0355. The lowest BCUT2D eigenvalue weighted by molar-refractivity contribution is 0.0175. The van der Waals surface area contributed by atoms with Gasteiger partial charge in [-0.15, -0.1) is 0 Å². The van der Waals surface area contributed by atoms with E-state index in [1.54, 1.807) is 0 Å². The van der Waals surface area contributed by atoms with Gasteiger partial charge in [-0.25, -0.2) is 9.59 Å². The Bertz CT molecular complexity index is 1040. The van der Waals surface area contributed by atoms with Crippen molar-refractivity contribution in [2.45, 2.75) is 71.2 Å². The van der Waals surface area contributed by atoms with E-state index in [9.17, 15) is 9.59 Å². The van der Waals surface area contributed by atoms with E-state index in [4.69, 9.17) is 9.47 Å². The van der Waals surface area contributed by atoms with Crippen LogP contribution in [-0.4, -0.2) is 34.6 Å². The van der Waals surface area contributed by atoms with E-state index in [1.807, 2.05) is 75.1 Å². The van der Waals surface area contributed by atoms with Crippen LogP contribution >= 0.6 is 0 Å². The lowest BCUT2D eigenvalue weighted by Gasteiger charge is -2.35. The maximum atomic E-state index is 12.8. The molecule has 0 aliphatic carbocycles. The van der Waals surface area contributed by atoms with Gasteiger partial charge in [0.1, 0.15) is 12.2 Å². The highest BCUT2D eigenvalue weighted by Crippen LogP contribution is 2.39. The molecule has 0 aromatic heterocycles. The Hall–Kier alpha value is -3.08. The summed E-state index contributed by atoms with van der Waals surface area (Å²) in [4.78, 5) is 27.4. The Labute approximate surface area is 190 Å². The molecule has 4 rings (SSSR count). The molecule has 2 aliphatic rings. The number of benzene rings is 2. The van der Waals surface area contributed by atoms with E-state index in [-0.39, 0.29) is 30.8 Å². The Morgan fingerprint density at radius 2 is 1.81 bits per heavy atom. The first-order chi connectivity index (χ1) is 15.2. The summed E-state index contributed by atoms with van der Waals surface area (Å²) in [5.41, 5.74) is 4.12. The molecule has 32 heavy (non-hydrogen) atoms. The standard InChI is InChI=1S/C27H31NO4/c1-18-10-11-20(16-24(18)25(29)31-17-19-8-6-5-7-9-19)21-14-22-12-13-23(15-21)28(22)26(30)32-27(2,3)4/h5-11,14,16,22-23H,12-13,15,17H2,1-4H3. The minimum atomic E-state index is -0.507. The SMILES string of the molecule is Cc1ccc(C2=CC3CCC(C2)N3C(=O)OC(C)(C)C)cc1C(=O)OCc1ccccc1. The highest BCUT2D eigenvalue weighted by atomic mass is 16.6. The van der Waals surface area contributed by atoms with Gasteiger partial charge in [0, 0.05) is 6.04 Å². The predicted octanol–water partition coefficient (Wildman–Crippen LogP) is 5.91. The minimum Gasteiger partial charge on any atom is -0.457 e. The normalized spacial score (nSPS) is 20.0. The maximum Gasteiger partial charge on any atom is 0.411 e. The zero-order valence-corrected chi connectivity index (χ0v) is 19.3. The Morgan fingerprint density at radius 1 is 1.06 bits per heavy atom. The third-order valence-electron chi connectivity index (χ3n) is 6.04. The molecule has 0 spiro atoms. The van der Waals surface area contributed by atoms with Gasteiger partial charge in [0.05, 0.1) is 11.6 Å². The molecule has 168 valence electrons. The fourth-order valence-electron chi connectivity index (χ4n) is 4.49. The highest BCUT2D eigenvalue weighted by molar-refractivity contribution is 5.92. The molecular formula is C27H31NO4. The number of fused-ring (bicyclic) bond motifs is 2. The number of carbonyl (C=O) groups excluding carboxylic acids is 2. The van der Waals surface area contributed by atoms with Gasteiger partial charge in [-0.05, 0) is 75.3 Å². The molecule has 2 bridgehead atoms. The maximum absolute atomic E-state index is 12.8. The number of ether oxygens (including phenoxy) is 2. The van der Waals surface area contributed by atoms with E-state index in [0.717, 1.165) is 36.0 Å². The second-order valence-electron chi connectivity index (χ2n) is 9.67. The summed E-state index contributed by atoms with van der Waals surface area (Å²) in [6.45, 7) is 7.85. The van der Waals surface area contributed by atoms with E-state index >= 15 is 0 Å². The number of hydrogen-bond donors (Lipinski definition) is 0. The van der Waals surface area contributed by atoms with Crippen molar-refractivity contribution < 1.29 is 19.1 Å². The highest BCUT2D eigenvalue weighted by Gasteiger charge is 2.41. The van der Waals surface area contributed by atoms with E-state index in [1.165, 1.54) is 5.57 Å². The molecule has 0 radical (unpaired) electrons. The molecule has 0 saturated carbocycles. The number of carbonyl (C=O) groups is 2. The third-order valence-corrected chi connectivity index (χ3v) is 6.04. The molecule has 2 aromatic carbocycles. The quantitative estimate of drug-likeness (QED) is 0.563. The van der Waals surface area contributed by atoms with Crippen LogP contribution < -0.4 is 0 Å². The molecule has 1 fully saturated rings. The van der Waals surface area contributed by atoms with Crippen LogP contribution in [0, 0.1) is 6.92 Å². The number of esters is 1. The van der Waals surface area contributed by atoms with Crippen molar-refractivity contribution in [3.63, 3.8) is 0 Å². The van der Waals surface area contributed by atoms with E-state index < -0.39 is 5.60 Å². The zero-order chi connectivity index (χ0) is 22.9. The third kappa shape index (κ3) is 4.87. The van der Waals surface area contributed by atoms with Gasteiger partial charge in [0.15, 0.2) is 0 Å². The summed E-state index contributed by atoms with van der Waals surface area (Å²) < 4.78 is 11.2. The molecule has 1 saturated heterocycles. The molecule has 5 heteroatoms. The Kier molecular flexibility index (Phi) is 6.09. The summed E-state index contributed by atoms with van der Waals surface area (Å²) >= 11 is 0. The van der Waals surface area contributed by atoms with Crippen molar-refractivity contribution in [1.82, 2.24) is 4.90 Å². The molecule has 5 nitrogen and oxygen atoms in total. The van der Waals surface area contributed by atoms with Crippen LogP contribution in [0.15, 0.2) is 54.6 Å². The summed E-state index contributed by atoms with van der Waals surface area (Å²) in [7, 11) is 0. The zero-order valence-electron chi connectivity index (χ0n) is 19.3. The fraction of sp³-hybridized carbons (Fsp3) is 0.407. The summed E-state index contributed by atoms with van der Waals surface area (Å²) in [5.74, 6) is -0.317. The number of hydrogen-bond acceptors (Lipinski definition) is 4. The second kappa shape index (κ2) is 8.81. The largest absolute Gasteiger partial charge is 0.457 e. The van der Waals surface area contributed by atoms with Crippen molar-refractivity contribution in [2.75, 3.05) is 0 Å². The van der Waals surface area contributed by atoms with Crippen LogP contribution in [0.4, 0.5) is 4.79 Å². The lowest BCUT2D eigenvalue weighted by Crippen LogP contribution is -2.45. The molecule has 1 amide bonds. The van der Waals surface area contributed by atoms with Crippen LogP contribution in [0.1, 0.15) is 67.1 Å². The van der Waals surface area contributed by atoms with Crippen LogP contribution in [-0.2, 0) is 16.1 Å².